The lowest BCUT2D eigenvalue weighted by atomic mass is 10.1. The Bertz CT molecular complexity index is 1280. The molecule has 0 spiro atoms. The third-order valence-electron chi connectivity index (χ3n) is 5.04. The standard InChI is InChI=1S/C22H21N3O6S/c1-3-7-25-15-8-13(5-6-17(15)31-10-18(25)27)16(26)9-24-12-23-20-19(21(24)28)14(11-32-20)22(29)30-4-2/h5-6,8,11-12H,3-4,7,9-10H2,1-2H3. The second-order valence-corrected chi connectivity index (χ2v) is 8.03. The summed E-state index contributed by atoms with van der Waals surface area (Å²) in [6, 6.07) is 4.86. The first kappa shape index (κ1) is 21.7. The highest BCUT2D eigenvalue weighted by Gasteiger charge is 2.26. The minimum absolute atomic E-state index is 0.0369. The van der Waals surface area contributed by atoms with E-state index in [0.29, 0.717) is 28.4 Å². The fraction of sp³-hybridized carbons (Fsp3) is 0.318. The molecule has 4 rings (SSSR count). The van der Waals surface area contributed by atoms with Crippen LogP contribution in [0.5, 0.6) is 5.75 Å². The van der Waals surface area contributed by atoms with Gasteiger partial charge >= 0.3 is 5.97 Å². The summed E-state index contributed by atoms with van der Waals surface area (Å²) < 4.78 is 11.7. The van der Waals surface area contributed by atoms with Gasteiger partial charge in [0.2, 0.25) is 0 Å². The number of fused-ring (bicyclic) bond motifs is 2. The largest absolute Gasteiger partial charge is 0.482 e. The predicted molar refractivity (Wildman–Crippen MR) is 119 cm³/mol. The van der Waals surface area contributed by atoms with E-state index in [4.69, 9.17) is 9.47 Å². The third-order valence-corrected chi connectivity index (χ3v) is 5.93. The van der Waals surface area contributed by atoms with Gasteiger partial charge in [0.15, 0.2) is 12.4 Å². The van der Waals surface area contributed by atoms with Crippen LogP contribution in [0.1, 0.15) is 41.0 Å². The van der Waals surface area contributed by atoms with Crippen molar-refractivity contribution in [2.24, 2.45) is 0 Å². The first-order valence-electron chi connectivity index (χ1n) is 10.2. The molecule has 0 saturated carbocycles. The Hall–Kier alpha value is -3.53. The molecular weight excluding hydrogens is 434 g/mol. The number of nitrogens with zero attached hydrogens (tertiary/aromatic N) is 3. The summed E-state index contributed by atoms with van der Waals surface area (Å²) in [5.74, 6) is -0.568. The zero-order chi connectivity index (χ0) is 22.8. The molecule has 0 saturated heterocycles. The van der Waals surface area contributed by atoms with E-state index in [2.05, 4.69) is 4.98 Å². The molecule has 1 aliphatic heterocycles. The van der Waals surface area contributed by atoms with Crippen LogP contribution in [0, 0.1) is 0 Å². The minimum atomic E-state index is -0.600. The molecule has 10 heteroatoms. The van der Waals surface area contributed by atoms with Crippen molar-refractivity contribution in [3.8, 4) is 5.75 Å². The van der Waals surface area contributed by atoms with Crippen LogP contribution >= 0.6 is 11.3 Å². The number of anilines is 1. The molecule has 1 amide bonds. The number of carbonyl (C=O) groups is 3. The Balaban J connectivity index is 1.65. The van der Waals surface area contributed by atoms with Crippen molar-refractivity contribution in [1.82, 2.24) is 9.55 Å². The van der Waals surface area contributed by atoms with E-state index < -0.39 is 11.5 Å². The Labute approximate surface area is 187 Å². The van der Waals surface area contributed by atoms with Crippen LogP contribution in [-0.4, -0.2) is 47.0 Å². The van der Waals surface area contributed by atoms with Crippen LogP contribution in [0.2, 0.25) is 0 Å². The number of thiophene rings is 1. The van der Waals surface area contributed by atoms with E-state index in [-0.39, 0.29) is 42.4 Å². The average Bonchev–Trinajstić information content (AvgIpc) is 3.22. The third kappa shape index (κ3) is 3.89. The van der Waals surface area contributed by atoms with Gasteiger partial charge in [0, 0.05) is 17.5 Å². The summed E-state index contributed by atoms with van der Waals surface area (Å²) in [6.45, 7) is 4.04. The molecule has 0 atom stereocenters. The average molecular weight is 455 g/mol. The number of esters is 1. The maximum Gasteiger partial charge on any atom is 0.339 e. The predicted octanol–water partition coefficient (Wildman–Crippen LogP) is 2.65. The zero-order valence-electron chi connectivity index (χ0n) is 17.6. The number of hydrogen-bond acceptors (Lipinski definition) is 8. The van der Waals surface area contributed by atoms with Crippen LogP contribution in [-0.2, 0) is 16.1 Å². The van der Waals surface area contributed by atoms with Crippen molar-refractivity contribution in [2.45, 2.75) is 26.8 Å². The summed E-state index contributed by atoms with van der Waals surface area (Å²) in [6.07, 6.45) is 2.05. The number of carbonyl (C=O) groups excluding carboxylic acids is 3. The normalized spacial score (nSPS) is 13.1. The number of aromatic nitrogens is 2. The summed E-state index contributed by atoms with van der Waals surface area (Å²) in [7, 11) is 0. The fourth-order valence-electron chi connectivity index (χ4n) is 3.53. The highest BCUT2D eigenvalue weighted by molar-refractivity contribution is 7.17. The van der Waals surface area contributed by atoms with Gasteiger partial charge in [-0.3, -0.25) is 19.0 Å². The molecular formula is C22H21N3O6S. The molecule has 0 N–H and O–H groups in total. The van der Waals surface area contributed by atoms with Crippen molar-refractivity contribution < 1.29 is 23.9 Å². The van der Waals surface area contributed by atoms with Crippen molar-refractivity contribution in [3.05, 3.63) is 51.4 Å². The quantitative estimate of drug-likeness (QED) is 0.398. The number of ether oxygens (including phenoxy) is 2. The summed E-state index contributed by atoms with van der Waals surface area (Å²) in [5, 5.41) is 1.67. The smallest absolute Gasteiger partial charge is 0.339 e. The molecule has 0 aliphatic carbocycles. The molecule has 0 fully saturated rings. The van der Waals surface area contributed by atoms with Crippen molar-refractivity contribution in [1.29, 1.82) is 0 Å². The highest BCUT2D eigenvalue weighted by Crippen LogP contribution is 2.33. The Morgan fingerprint density at radius 3 is 2.81 bits per heavy atom. The van der Waals surface area contributed by atoms with Gasteiger partial charge in [-0.1, -0.05) is 6.92 Å². The Morgan fingerprint density at radius 1 is 1.25 bits per heavy atom. The van der Waals surface area contributed by atoms with Crippen molar-refractivity contribution in [3.63, 3.8) is 0 Å². The molecule has 0 bridgehead atoms. The van der Waals surface area contributed by atoms with E-state index in [1.807, 2.05) is 6.92 Å². The Morgan fingerprint density at radius 2 is 2.06 bits per heavy atom. The number of Topliss-reactive ketones (excluding diaryl/α,β-unsaturated/α-hetero) is 1. The first-order valence-corrected chi connectivity index (χ1v) is 11.1. The molecule has 1 aromatic carbocycles. The van der Waals surface area contributed by atoms with E-state index >= 15 is 0 Å². The highest BCUT2D eigenvalue weighted by atomic mass is 32.1. The molecule has 0 radical (unpaired) electrons. The van der Waals surface area contributed by atoms with Crippen LogP contribution in [0.3, 0.4) is 0 Å². The van der Waals surface area contributed by atoms with Gasteiger partial charge in [0.05, 0.1) is 36.1 Å². The number of amides is 1. The van der Waals surface area contributed by atoms with E-state index in [1.165, 1.54) is 27.6 Å². The lowest BCUT2D eigenvalue weighted by Gasteiger charge is -2.29. The Kier molecular flexibility index (Phi) is 6.04. The molecule has 32 heavy (non-hydrogen) atoms. The molecule has 2 aromatic heterocycles. The molecule has 1 aliphatic rings. The van der Waals surface area contributed by atoms with E-state index in [0.717, 1.165) is 6.42 Å². The summed E-state index contributed by atoms with van der Waals surface area (Å²) in [5.41, 5.74) is 0.533. The van der Waals surface area contributed by atoms with Crippen molar-refractivity contribution in [2.75, 3.05) is 24.7 Å². The molecule has 9 nitrogen and oxygen atoms in total. The lowest BCUT2D eigenvalue weighted by Crippen LogP contribution is -2.39. The number of hydrogen-bond donors (Lipinski definition) is 0. The van der Waals surface area contributed by atoms with Gasteiger partial charge < -0.3 is 14.4 Å². The summed E-state index contributed by atoms with van der Waals surface area (Å²) >= 11 is 1.17. The SMILES string of the molecule is CCCN1C(=O)COc2ccc(C(=O)Cn3cnc4scc(C(=O)OCC)c4c3=O)cc21. The van der Waals surface area contributed by atoms with E-state index in [1.54, 1.807) is 30.0 Å². The van der Waals surface area contributed by atoms with Crippen LogP contribution in [0.15, 0.2) is 34.7 Å². The second-order valence-electron chi connectivity index (χ2n) is 7.17. The van der Waals surface area contributed by atoms with Gasteiger partial charge in [0.25, 0.3) is 11.5 Å². The van der Waals surface area contributed by atoms with Gasteiger partial charge in [-0.15, -0.1) is 11.3 Å². The van der Waals surface area contributed by atoms with Crippen LogP contribution < -0.4 is 15.2 Å². The molecule has 3 aromatic rings. The van der Waals surface area contributed by atoms with Crippen LogP contribution in [0.4, 0.5) is 5.69 Å². The lowest BCUT2D eigenvalue weighted by molar-refractivity contribution is -0.121. The fourth-order valence-corrected chi connectivity index (χ4v) is 4.40. The van der Waals surface area contributed by atoms with Gasteiger partial charge in [-0.25, -0.2) is 9.78 Å². The van der Waals surface area contributed by atoms with E-state index in [9.17, 15) is 19.2 Å². The molecule has 0 unspecified atom stereocenters. The van der Waals surface area contributed by atoms with Gasteiger partial charge in [-0.05, 0) is 31.5 Å². The second kappa shape index (κ2) is 8.91. The first-order chi connectivity index (χ1) is 15.4. The van der Waals surface area contributed by atoms with Crippen molar-refractivity contribution >= 4 is 44.9 Å². The monoisotopic (exact) mass is 455 g/mol. The number of rotatable bonds is 7. The molecule has 3 heterocycles. The number of ketones is 1. The maximum absolute atomic E-state index is 13.0. The summed E-state index contributed by atoms with van der Waals surface area (Å²) in [4.78, 5) is 56.6. The topological polar surface area (TPSA) is 108 Å². The van der Waals surface area contributed by atoms with Crippen LogP contribution in [0.25, 0.3) is 10.2 Å². The van der Waals surface area contributed by atoms with Gasteiger partial charge in [0.1, 0.15) is 10.6 Å². The minimum Gasteiger partial charge on any atom is -0.482 e. The maximum atomic E-state index is 13.0. The zero-order valence-corrected chi connectivity index (χ0v) is 18.4. The number of benzene rings is 1. The molecule has 166 valence electrons. The van der Waals surface area contributed by atoms with Gasteiger partial charge in [-0.2, -0.15) is 0 Å².